The first-order valence-electron chi connectivity index (χ1n) is 7.09. The Hall–Kier alpha value is -1.36. The molecule has 4 aliphatic rings. The first-order chi connectivity index (χ1) is 9.32. The largest absolute Gasteiger partial charge is 0.478 e. The monoisotopic (exact) mass is 278 g/mol. The van der Waals surface area contributed by atoms with Crippen LogP contribution in [0.3, 0.4) is 0 Å². The van der Waals surface area contributed by atoms with Crippen molar-refractivity contribution in [3.8, 4) is 0 Å². The van der Waals surface area contributed by atoms with Crippen LogP contribution >= 0.6 is 0 Å². The quantitative estimate of drug-likeness (QED) is 0.579. The van der Waals surface area contributed by atoms with E-state index in [2.05, 4.69) is 13.8 Å². The van der Waals surface area contributed by atoms with Crippen LogP contribution in [-0.2, 0) is 19.1 Å². The van der Waals surface area contributed by atoms with Crippen LogP contribution in [0.25, 0.3) is 0 Å². The summed E-state index contributed by atoms with van der Waals surface area (Å²) in [4.78, 5) is 23.7. The molecule has 2 saturated heterocycles. The minimum Gasteiger partial charge on any atom is -0.478 e. The molecule has 0 unspecified atom stereocenters. The molecule has 0 aromatic heterocycles. The molecule has 2 heterocycles. The fraction of sp³-hybridized carbons (Fsp3) is 0.733. The number of esters is 1. The van der Waals surface area contributed by atoms with Crippen LogP contribution in [0.5, 0.6) is 0 Å². The van der Waals surface area contributed by atoms with Crippen molar-refractivity contribution in [2.45, 2.75) is 32.3 Å². The Bertz CT molecular complexity index is 557. The number of carbonyl (C=O) groups excluding carboxylic acids is 1. The van der Waals surface area contributed by atoms with Gasteiger partial charge in [-0.05, 0) is 24.2 Å². The summed E-state index contributed by atoms with van der Waals surface area (Å²) in [6.07, 6.45) is 3.59. The Morgan fingerprint density at radius 1 is 1.45 bits per heavy atom. The van der Waals surface area contributed by atoms with Gasteiger partial charge in [-0.25, -0.2) is 9.59 Å². The minimum absolute atomic E-state index is 0.0972. The summed E-state index contributed by atoms with van der Waals surface area (Å²) in [6.45, 7) is 4.91. The highest BCUT2D eigenvalue weighted by Crippen LogP contribution is 2.71. The number of hydrogen-bond acceptors (Lipinski definition) is 4. The molecular formula is C15H18O5. The number of allylic oxidation sites excluding steroid dienone is 1. The summed E-state index contributed by atoms with van der Waals surface area (Å²) in [7, 11) is 0. The van der Waals surface area contributed by atoms with E-state index in [0.29, 0.717) is 12.2 Å². The number of carboxylic acid groups (broad SMARTS) is 1. The maximum absolute atomic E-state index is 12.2. The lowest BCUT2D eigenvalue weighted by Gasteiger charge is -2.44. The van der Waals surface area contributed by atoms with Crippen molar-refractivity contribution in [2.24, 2.45) is 22.7 Å². The van der Waals surface area contributed by atoms with Crippen molar-refractivity contribution in [1.29, 1.82) is 0 Å². The molecule has 2 spiro atoms. The fourth-order valence-corrected chi connectivity index (χ4v) is 5.08. The zero-order valence-electron chi connectivity index (χ0n) is 11.6. The molecule has 0 bridgehead atoms. The van der Waals surface area contributed by atoms with Crippen molar-refractivity contribution in [3.63, 3.8) is 0 Å². The van der Waals surface area contributed by atoms with E-state index in [1.54, 1.807) is 0 Å². The number of carboxylic acids is 1. The highest BCUT2D eigenvalue weighted by molar-refractivity contribution is 5.92. The number of rotatable bonds is 1. The summed E-state index contributed by atoms with van der Waals surface area (Å²) in [5.74, 6) is -1.32. The first kappa shape index (κ1) is 12.4. The van der Waals surface area contributed by atoms with Crippen molar-refractivity contribution < 1.29 is 24.2 Å². The van der Waals surface area contributed by atoms with Gasteiger partial charge in [0, 0.05) is 16.9 Å². The average Bonchev–Trinajstić information content (AvgIpc) is 3.01. The molecule has 108 valence electrons. The minimum atomic E-state index is -0.893. The molecule has 5 nitrogen and oxygen atoms in total. The third kappa shape index (κ3) is 1.18. The molecule has 5 heteroatoms. The van der Waals surface area contributed by atoms with E-state index in [-0.39, 0.29) is 29.8 Å². The summed E-state index contributed by atoms with van der Waals surface area (Å²) >= 11 is 0. The third-order valence-electron chi connectivity index (χ3n) is 5.73. The smallest absolute Gasteiger partial charge is 0.341 e. The lowest BCUT2D eigenvalue weighted by molar-refractivity contribution is -0.174. The second-order valence-corrected chi connectivity index (χ2v) is 7.39. The molecule has 1 N–H and O–H groups in total. The van der Waals surface area contributed by atoms with Crippen molar-refractivity contribution in [2.75, 3.05) is 13.2 Å². The van der Waals surface area contributed by atoms with Crippen molar-refractivity contribution in [3.05, 3.63) is 11.6 Å². The van der Waals surface area contributed by atoms with Crippen LogP contribution in [0.1, 0.15) is 26.7 Å². The predicted octanol–water partition coefficient (Wildman–Crippen LogP) is 1.38. The summed E-state index contributed by atoms with van der Waals surface area (Å²) < 4.78 is 10.8. The fourth-order valence-electron chi connectivity index (χ4n) is 5.08. The number of aliphatic carboxylic acids is 1. The molecule has 0 radical (unpaired) electrons. The molecule has 4 rings (SSSR count). The molecule has 4 atom stereocenters. The van der Waals surface area contributed by atoms with Crippen LogP contribution in [0.2, 0.25) is 0 Å². The van der Waals surface area contributed by atoms with Crippen molar-refractivity contribution >= 4 is 11.9 Å². The van der Waals surface area contributed by atoms with E-state index >= 15 is 0 Å². The van der Waals surface area contributed by atoms with E-state index < -0.39 is 17.0 Å². The van der Waals surface area contributed by atoms with E-state index in [1.807, 2.05) is 6.08 Å². The van der Waals surface area contributed by atoms with Crippen LogP contribution < -0.4 is 0 Å². The van der Waals surface area contributed by atoms with Crippen LogP contribution in [0.4, 0.5) is 0 Å². The molecule has 20 heavy (non-hydrogen) atoms. The normalized spacial score (nSPS) is 47.5. The molecule has 3 fully saturated rings. The molecule has 2 aliphatic carbocycles. The molecule has 2 aliphatic heterocycles. The standard InChI is InChI=1S/C15H18O5/c1-13(2)4-8-3-9(11(16)17)10-5-19-12(18)15(7-20-15)14(8,10)6-13/h3,8,10H,4-7H2,1-2H3,(H,16,17)/t8-,10+,14-,15-/m0/s1. The lowest BCUT2D eigenvalue weighted by Crippen LogP contribution is -2.56. The molecule has 0 aromatic carbocycles. The van der Waals surface area contributed by atoms with Gasteiger partial charge in [0.05, 0.1) is 13.2 Å². The van der Waals surface area contributed by atoms with E-state index in [4.69, 9.17) is 9.47 Å². The topological polar surface area (TPSA) is 76.1 Å². The van der Waals surface area contributed by atoms with Crippen LogP contribution in [0.15, 0.2) is 11.6 Å². The highest BCUT2D eigenvalue weighted by Gasteiger charge is 2.79. The number of carbonyl (C=O) groups is 2. The van der Waals surface area contributed by atoms with Gasteiger partial charge in [0.15, 0.2) is 5.60 Å². The lowest BCUT2D eigenvalue weighted by atomic mass is 9.61. The van der Waals surface area contributed by atoms with Gasteiger partial charge < -0.3 is 14.6 Å². The summed E-state index contributed by atoms with van der Waals surface area (Å²) in [5, 5.41) is 9.44. The zero-order chi connectivity index (χ0) is 14.3. The van der Waals surface area contributed by atoms with Gasteiger partial charge in [-0.2, -0.15) is 0 Å². The average molecular weight is 278 g/mol. The number of epoxide rings is 1. The van der Waals surface area contributed by atoms with E-state index in [9.17, 15) is 14.7 Å². The molecule has 0 amide bonds. The number of cyclic esters (lactones) is 1. The Morgan fingerprint density at radius 3 is 2.75 bits per heavy atom. The van der Waals surface area contributed by atoms with Gasteiger partial charge in [0.2, 0.25) is 0 Å². The van der Waals surface area contributed by atoms with E-state index in [0.717, 1.165) is 12.8 Å². The molecular weight excluding hydrogens is 260 g/mol. The molecule has 1 saturated carbocycles. The second-order valence-electron chi connectivity index (χ2n) is 7.39. The second kappa shape index (κ2) is 3.27. The maximum atomic E-state index is 12.2. The van der Waals surface area contributed by atoms with Gasteiger partial charge >= 0.3 is 11.9 Å². The van der Waals surface area contributed by atoms with Gasteiger partial charge in [-0.3, -0.25) is 0 Å². The maximum Gasteiger partial charge on any atom is 0.341 e. The van der Waals surface area contributed by atoms with E-state index in [1.165, 1.54) is 0 Å². The summed E-state index contributed by atoms with van der Waals surface area (Å²) in [6, 6.07) is 0. The Labute approximate surface area is 116 Å². The Balaban J connectivity index is 1.88. The number of ether oxygens (including phenoxy) is 2. The Kier molecular flexibility index (Phi) is 2.03. The summed E-state index contributed by atoms with van der Waals surface area (Å²) in [5.41, 5.74) is -0.783. The van der Waals surface area contributed by atoms with Gasteiger partial charge in [0.1, 0.15) is 0 Å². The Morgan fingerprint density at radius 2 is 2.15 bits per heavy atom. The molecule has 0 aromatic rings. The third-order valence-corrected chi connectivity index (χ3v) is 5.73. The highest BCUT2D eigenvalue weighted by atomic mass is 16.6. The van der Waals surface area contributed by atoms with Gasteiger partial charge in [-0.1, -0.05) is 19.9 Å². The van der Waals surface area contributed by atoms with Gasteiger partial charge in [-0.15, -0.1) is 0 Å². The van der Waals surface area contributed by atoms with Crippen LogP contribution in [0, 0.1) is 22.7 Å². The van der Waals surface area contributed by atoms with Crippen molar-refractivity contribution in [1.82, 2.24) is 0 Å². The van der Waals surface area contributed by atoms with Gasteiger partial charge in [0.25, 0.3) is 0 Å². The SMILES string of the molecule is CC1(C)C[C@@H]2C=C(C(=O)O)[C@H]3COC(=O)[C@@]4(CO4)[C@]32C1. The van der Waals surface area contributed by atoms with Crippen LogP contribution in [-0.4, -0.2) is 35.9 Å². The zero-order valence-corrected chi connectivity index (χ0v) is 11.6. The number of hydrogen-bond donors (Lipinski definition) is 1. The first-order valence-corrected chi connectivity index (χ1v) is 7.09. The predicted molar refractivity (Wildman–Crippen MR) is 67.8 cm³/mol.